The number of nitrogens with one attached hydrogen (secondary N) is 1. The van der Waals surface area contributed by atoms with E-state index < -0.39 is 0 Å². The van der Waals surface area contributed by atoms with Gasteiger partial charge < -0.3 is 5.32 Å². The predicted octanol–water partition coefficient (Wildman–Crippen LogP) is 3.80. The number of aromatic nitrogens is 5. The molecule has 5 rings (SSSR count). The van der Waals surface area contributed by atoms with Gasteiger partial charge >= 0.3 is 0 Å². The number of fused-ring (bicyclic) bond motifs is 1. The van der Waals surface area contributed by atoms with Gasteiger partial charge in [0.25, 0.3) is 0 Å². The topological polar surface area (TPSA) is 88.8 Å². The molecular formula is C23H20ClN7O. The monoisotopic (exact) mass is 445 g/mol. The quantitative estimate of drug-likeness (QED) is 0.502. The van der Waals surface area contributed by atoms with E-state index in [9.17, 15) is 4.79 Å². The van der Waals surface area contributed by atoms with E-state index in [1.165, 1.54) is 0 Å². The average molecular weight is 446 g/mol. The van der Waals surface area contributed by atoms with Crippen LogP contribution in [0.1, 0.15) is 11.1 Å². The van der Waals surface area contributed by atoms with Gasteiger partial charge in [0.05, 0.1) is 18.3 Å². The lowest BCUT2D eigenvalue weighted by Gasteiger charge is -2.17. The van der Waals surface area contributed by atoms with E-state index in [0.29, 0.717) is 23.3 Å². The molecule has 160 valence electrons. The molecule has 1 aliphatic rings. The van der Waals surface area contributed by atoms with Crippen LogP contribution in [-0.4, -0.2) is 37.2 Å². The van der Waals surface area contributed by atoms with Gasteiger partial charge in [-0.1, -0.05) is 29.8 Å². The van der Waals surface area contributed by atoms with Crippen molar-refractivity contribution >= 4 is 35.1 Å². The molecule has 1 aromatic carbocycles. The predicted molar refractivity (Wildman–Crippen MR) is 123 cm³/mol. The summed E-state index contributed by atoms with van der Waals surface area (Å²) in [5, 5.41) is 7.89. The molecule has 3 aromatic heterocycles. The van der Waals surface area contributed by atoms with E-state index in [1.54, 1.807) is 34.2 Å². The number of carbonyl (C=O) groups is 1. The Hall–Kier alpha value is -3.78. The number of aryl methyl sites for hydroxylation is 1. The highest BCUT2D eigenvalue weighted by Gasteiger charge is 2.27. The van der Waals surface area contributed by atoms with Crippen molar-refractivity contribution in [3.05, 3.63) is 77.2 Å². The summed E-state index contributed by atoms with van der Waals surface area (Å²) in [6.07, 6.45) is 6.15. The molecule has 1 aliphatic heterocycles. The van der Waals surface area contributed by atoms with Crippen molar-refractivity contribution in [2.75, 3.05) is 16.8 Å². The third-order valence-corrected chi connectivity index (χ3v) is 5.78. The molecule has 4 heterocycles. The van der Waals surface area contributed by atoms with Crippen LogP contribution < -0.4 is 10.2 Å². The summed E-state index contributed by atoms with van der Waals surface area (Å²) in [5.74, 6) is 1.96. The normalized spacial score (nSPS) is 12.6. The van der Waals surface area contributed by atoms with Crippen LogP contribution in [-0.2, 0) is 24.7 Å². The van der Waals surface area contributed by atoms with E-state index in [4.69, 9.17) is 11.6 Å². The smallest absolute Gasteiger partial charge is 0.232 e. The molecule has 1 N–H and O–H groups in total. The van der Waals surface area contributed by atoms with Crippen LogP contribution in [0, 0.1) is 0 Å². The maximum Gasteiger partial charge on any atom is 0.232 e. The number of rotatable bonds is 5. The zero-order valence-corrected chi connectivity index (χ0v) is 18.1. The first-order valence-corrected chi connectivity index (χ1v) is 10.6. The fourth-order valence-electron chi connectivity index (χ4n) is 3.74. The minimum Gasteiger partial charge on any atom is -0.309 e. The maximum absolute atomic E-state index is 12.9. The van der Waals surface area contributed by atoms with E-state index in [1.807, 2.05) is 43.4 Å². The van der Waals surface area contributed by atoms with Gasteiger partial charge in [-0.3, -0.25) is 14.4 Å². The number of halogens is 1. The van der Waals surface area contributed by atoms with E-state index in [2.05, 4.69) is 25.4 Å². The van der Waals surface area contributed by atoms with E-state index >= 15 is 0 Å². The molecule has 8 nitrogen and oxygen atoms in total. The van der Waals surface area contributed by atoms with Crippen molar-refractivity contribution in [2.45, 2.75) is 12.8 Å². The highest BCUT2D eigenvalue weighted by Crippen LogP contribution is 2.30. The Morgan fingerprint density at radius 2 is 2.03 bits per heavy atom. The SMILES string of the molecule is Cn1nccc1Nc1nccc(-c2cnc3c(c2)CCN3C(=O)Cc2ccccc2Cl)n1. The van der Waals surface area contributed by atoms with Crippen LogP contribution in [0.3, 0.4) is 0 Å². The molecule has 32 heavy (non-hydrogen) atoms. The van der Waals surface area contributed by atoms with Gasteiger partial charge in [0.1, 0.15) is 11.6 Å². The number of nitrogens with zero attached hydrogens (tertiary/aromatic N) is 6. The van der Waals surface area contributed by atoms with Gasteiger partial charge in [-0.2, -0.15) is 5.10 Å². The number of pyridine rings is 1. The number of anilines is 3. The third-order valence-electron chi connectivity index (χ3n) is 5.42. The Morgan fingerprint density at radius 1 is 1.16 bits per heavy atom. The van der Waals surface area contributed by atoms with Crippen LogP contribution >= 0.6 is 11.6 Å². The van der Waals surface area contributed by atoms with Crippen molar-refractivity contribution in [1.82, 2.24) is 24.7 Å². The Kier molecular flexibility index (Phi) is 5.28. The lowest BCUT2D eigenvalue weighted by atomic mass is 10.1. The molecule has 0 atom stereocenters. The molecule has 0 unspecified atom stereocenters. The summed E-state index contributed by atoms with van der Waals surface area (Å²) in [6.45, 7) is 0.603. The number of benzene rings is 1. The van der Waals surface area contributed by atoms with Crippen LogP contribution in [0.2, 0.25) is 5.02 Å². The first-order valence-electron chi connectivity index (χ1n) is 10.2. The Morgan fingerprint density at radius 3 is 2.84 bits per heavy atom. The molecule has 9 heteroatoms. The lowest BCUT2D eigenvalue weighted by molar-refractivity contribution is -0.117. The Labute approximate surface area is 189 Å². The minimum absolute atomic E-state index is 0.0122. The number of amides is 1. The first-order chi connectivity index (χ1) is 15.6. The second-order valence-corrected chi connectivity index (χ2v) is 7.91. The largest absolute Gasteiger partial charge is 0.309 e. The Bertz CT molecular complexity index is 1300. The summed E-state index contributed by atoms with van der Waals surface area (Å²) < 4.78 is 1.71. The molecule has 0 saturated carbocycles. The van der Waals surface area contributed by atoms with Gasteiger partial charge in [0.2, 0.25) is 11.9 Å². The third kappa shape index (κ3) is 3.92. The van der Waals surface area contributed by atoms with Gasteiger partial charge in [-0.25, -0.2) is 15.0 Å². The molecule has 4 aromatic rings. The first kappa shape index (κ1) is 20.1. The number of hydrogen-bond acceptors (Lipinski definition) is 6. The molecule has 0 radical (unpaired) electrons. The molecule has 0 fully saturated rings. The molecular weight excluding hydrogens is 426 g/mol. The highest BCUT2D eigenvalue weighted by atomic mass is 35.5. The van der Waals surface area contributed by atoms with Gasteiger partial charge in [-0.15, -0.1) is 0 Å². The van der Waals surface area contributed by atoms with E-state index in [-0.39, 0.29) is 12.3 Å². The summed E-state index contributed by atoms with van der Waals surface area (Å²) in [4.78, 5) is 28.1. The molecule has 0 saturated heterocycles. The maximum atomic E-state index is 12.9. The average Bonchev–Trinajstić information content (AvgIpc) is 3.41. The van der Waals surface area contributed by atoms with Crippen molar-refractivity contribution < 1.29 is 4.79 Å². The minimum atomic E-state index is -0.0122. The van der Waals surface area contributed by atoms with Crippen LogP contribution in [0.4, 0.5) is 17.6 Å². The van der Waals surface area contributed by atoms with Crippen LogP contribution in [0.5, 0.6) is 0 Å². The van der Waals surface area contributed by atoms with Crippen LogP contribution in [0.15, 0.2) is 61.1 Å². The number of hydrogen-bond donors (Lipinski definition) is 1. The zero-order valence-electron chi connectivity index (χ0n) is 17.4. The second kappa shape index (κ2) is 8.39. The van der Waals surface area contributed by atoms with Gasteiger partial charge in [0.15, 0.2) is 0 Å². The fourth-order valence-corrected chi connectivity index (χ4v) is 3.94. The van der Waals surface area contributed by atoms with Crippen molar-refractivity contribution in [1.29, 1.82) is 0 Å². The lowest BCUT2D eigenvalue weighted by Crippen LogP contribution is -2.31. The summed E-state index contributed by atoms with van der Waals surface area (Å²) in [7, 11) is 1.84. The summed E-state index contributed by atoms with van der Waals surface area (Å²) in [5.41, 5.74) is 3.47. The molecule has 0 bridgehead atoms. The standard InChI is InChI=1S/C23H20ClN7O/c1-30-20(7-10-27-30)29-23-25-9-6-19(28-23)17-12-16-8-11-31(22(16)26-14-17)21(32)13-15-4-2-3-5-18(15)24/h2-7,9-10,12,14H,8,11,13H2,1H3,(H,25,28,29). The van der Waals surface area contributed by atoms with E-state index in [0.717, 1.165) is 34.6 Å². The van der Waals surface area contributed by atoms with Gasteiger partial charge in [-0.05, 0) is 35.7 Å². The van der Waals surface area contributed by atoms with Crippen molar-refractivity contribution in [2.24, 2.45) is 7.05 Å². The van der Waals surface area contributed by atoms with Gasteiger partial charge in [0, 0.05) is 42.6 Å². The number of carbonyl (C=O) groups excluding carboxylic acids is 1. The highest BCUT2D eigenvalue weighted by molar-refractivity contribution is 6.31. The summed E-state index contributed by atoms with van der Waals surface area (Å²) in [6, 6.07) is 13.1. The molecule has 0 spiro atoms. The Balaban J connectivity index is 1.36. The summed E-state index contributed by atoms with van der Waals surface area (Å²) >= 11 is 6.22. The fraction of sp³-hybridized carbons (Fsp3) is 0.174. The van der Waals surface area contributed by atoms with Crippen molar-refractivity contribution in [3.8, 4) is 11.3 Å². The van der Waals surface area contributed by atoms with Crippen molar-refractivity contribution in [3.63, 3.8) is 0 Å². The molecule has 1 amide bonds. The second-order valence-electron chi connectivity index (χ2n) is 7.50. The zero-order chi connectivity index (χ0) is 22.1. The molecule has 0 aliphatic carbocycles. The van der Waals surface area contributed by atoms with Crippen LogP contribution in [0.25, 0.3) is 11.3 Å².